The number of benzene rings is 4. The minimum atomic E-state index is -0.132. The molecule has 0 atom stereocenters. The summed E-state index contributed by atoms with van der Waals surface area (Å²) in [5.41, 5.74) is 15.2. The molecule has 0 unspecified atom stereocenters. The Balaban J connectivity index is 1.29. The van der Waals surface area contributed by atoms with E-state index in [1.807, 2.05) is 60.7 Å². The molecule has 8 rings (SSSR count). The smallest absolute Gasteiger partial charge is 0.238 e. The maximum atomic E-state index is 5.95. The molecule has 7 aromatic rings. The van der Waals surface area contributed by atoms with Gasteiger partial charge in [-0.2, -0.15) is 9.97 Å². The van der Waals surface area contributed by atoms with Crippen molar-refractivity contribution in [2.45, 2.75) is 46.9 Å². The van der Waals surface area contributed by atoms with E-state index < -0.39 is 0 Å². The van der Waals surface area contributed by atoms with Crippen LogP contribution in [0, 0.1) is 13.8 Å². The van der Waals surface area contributed by atoms with Crippen molar-refractivity contribution in [2.75, 3.05) is 0 Å². The van der Waals surface area contributed by atoms with Gasteiger partial charge in [0.05, 0.1) is 0 Å². The standard InChI is InChI=1S/C43H38BN5O/c1-26(31-17-18-35-34(24-31)38-36(43(35,4)5)19-20-37-39(38)50-25-45-37)23-33-28(3)49(27(2)32(33)21-22-44-6)42-47-40(29-13-9-7-10-14-29)46-41(48-42)30-15-11-8-12-16-30/h7-25,44H,1-6H3/b22-21-,26-23+. The van der Waals surface area contributed by atoms with Gasteiger partial charge in [-0.05, 0) is 66.8 Å². The van der Waals surface area contributed by atoms with E-state index in [0.717, 1.165) is 63.1 Å². The van der Waals surface area contributed by atoms with Crippen molar-refractivity contribution in [1.29, 1.82) is 0 Å². The Morgan fingerprint density at radius 1 is 0.780 bits per heavy atom. The molecule has 0 fully saturated rings. The van der Waals surface area contributed by atoms with Gasteiger partial charge in [0.1, 0.15) is 12.8 Å². The van der Waals surface area contributed by atoms with Gasteiger partial charge >= 0.3 is 0 Å². The highest BCUT2D eigenvalue weighted by molar-refractivity contribution is 6.41. The Bertz CT molecular complexity index is 2410. The van der Waals surface area contributed by atoms with Crippen LogP contribution in [0.1, 0.15) is 60.0 Å². The Kier molecular flexibility index (Phi) is 7.71. The number of nitrogens with zero attached hydrogens (tertiary/aromatic N) is 5. The third-order valence-corrected chi connectivity index (χ3v) is 10.1. The summed E-state index contributed by atoms with van der Waals surface area (Å²) in [4.78, 5) is 19.5. The average molecular weight is 652 g/mol. The fourth-order valence-corrected chi connectivity index (χ4v) is 7.41. The van der Waals surface area contributed by atoms with Crippen LogP contribution in [0.4, 0.5) is 0 Å². The first-order chi connectivity index (χ1) is 24.3. The molecule has 1 aliphatic rings. The molecule has 0 amide bonds. The van der Waals surface area contributed by atoms with E-state index in [1.165, 1.54) is 22.3 Å². The Hall–Kier alpha value is -5.82. The summed E-state index contributed by atoms with van der Waals surface area (Å²) in [5, 5.41) is 0. The lowest BCUT2D eigenvalue weighted by Crippen LogP contribution is -2.14. The maximum absolute atomic E-state index is 5.95. The van der Waals surface area contributed by atoms with Crippen LogP contribution in [0.2, 0.25) is 6.82 Å². The predicted molar refractivity (Wildman–Crippen MR) is 207 cm³/mol. The second-order valence-electron chi connectivity index (χ2n) is 13.6. The number of aromatic nitrogens is 5. The Morgan fingerprint density at radius 3 is 2.08 bits per heavy atom. The molecule has 0 bridgehead atoms. The third kappa shape index (κ3) is 5.12. The summed E-state index contributed by atoms with van der Waals surface area (Å²) in [6.45, 7) is 13.2. The molecule has 1 aliphatic carbocycles. The molecule has 0 saturated heterocycles. The van der Waals surface area contributed by atoms with Gasteiger partial charge in [0.2, 0.25) is 5.95 Å². The summed E-state index contributed by atoms with van der Waals surface area (Å²) < 4.78 is 8.13. The fourth-order valence-electron chi connectivity index (χ4n) is 7.41. The van der Waals surface area contributed by atoms with Crippen molar-refractivity contribution in [1.82, 2.24) is 24.5 Å². The summed E-state index contributed by atoms with van der Waals surface area (Å²) >= 11 is 0. The molecule has 6 nitrogen and oxygen atoms in total. The summed E-state index contributed by atoms with van der Waals surface area (Å²) in [5.74, 6) is 4.10. The molecule has 0 N–H and O–H groups in total. The molecule has 4 aromatic carbocycles. The zero-order valence-corrected chi connectivity index (χ0v) is 29.3. The van der Waals surface area contributed by atoms with Crippen molar-refractivity contribution in [3.8, 4) is 39.9 Å². The van der Waals surface area contributed by atoms with Crippen molar-refractivity contribution < 1.29 is 4.42 Å². The van der Waals surface area contributed by atoms with E-state index in [-0.39, 0.29) is 5.41 Å². The SMILES string of the molecule is CB/C=C\c1c(/C=C(\C)c2ccc3c(c2)-c2c(ccc4ncoc24)C3(C)C)c(C)n(-c2nc(-c3ccccc3)nc(-c3ccccc3)n2)c1C. The summed E-state index contributed by atoms with van der Waals surface area (Å²) in [7, 11) is 0.935. The lowest BCUT2D eigenvalue weighted by atomic mass is 9.81. The molecular formula is C43H38BN5O. The highest BCUT2D eigenvalue weighted by atomic mass is 16.3. The topological polar surface area (TPSA) is 69.6 Å². The lowest BCUT2D eigenvalue weighted by Gasteiger charge is -2.21. The lowest BCUT2D eigenvalue weighted by molar-refractivity contribution is 0.601. The number of hydrogen-bond donors (Lipinski definition) is 0. The van der Waals surface area contributed by atoms with Gasteiger partial charge in [-0.3, -0.25) is 4.57 Å². The van der Waals surface area contributed by atoms with E-state index in [2.05, 4.69) is 99.5 Å². The molecule has 7 heteroatoms. The van der Waals surface area contributed by atoms with Gasteiger partial charge in [0, 0.05) is 44.6 Å². The van der Waals surface area contributed by atoms with Crippen LogP contribution in [-0.2, 0) is 5.41 Å². The molecular weight excluding hydrogens is 613 g/mol. The number of hydrogen-bond acceptors (Lipinski definition) is 5. The van der Waals surface area contributed by atoms with Gasteiger partial charge < -0.3 is 4.42 Å². The summed E-state index contributed by atoms with van der Waals surface area (Å²) in [6.07, 6.45) is 6.09. The van der Waals surface area contributed by atoms with Crippen LogP contribution in [0.3, 0.4) is 0 Å². The van der Waals surface area contributed by atoms with Crippen molar-refractivity contribution in [2.24, 2.45) is 0 Å². The van der Waals surface area contributed by atoms with Crippen molar-refractivity contribution in [3.63, 3.8) is 0 Å². The molecule has 0 aliphatic heterocycles. The zero-order valence-electron chi connectivity index (χ0n) is 29.3. The van der Waals surface area contributed by atoms with Crippen LogP contribution < -0.4 is 0 Å². The minimum Gasteiger partial charge on any atom is -0.443 e. The van der Waals surface area contributed by atoms with E-state index >= 15 is 0 Å². The van der Waals surface area contributed by atoms with Crippen molar-refractivity contribution in [3.05, 3.63) is 143 Å². The van der Waals surface area contributed by atoms with Crippen LogP contribution in [0.5, 0.6) is 0 Å². The highest BCUT2D eigenvalue weighted by Gasteiger charge is 2.37. The van der Waals surface area contributed by atoms with E-state index in [4.69, 9.17) is 19.4 Å². The monoisotopic (exact) mass is 651 g/mol. The van der Waals surface area contributed by atoms with Crippen LogP contribution in [0.15, 0.2) is 108 Å². The zero-order chi connectivity index (χ0) is 34.6. The van der Waals surface area contributed by atoms with Gasteiger partial charge in [-0.1, -0.05) is 106 Å². The van der Waals surface area contributed by atoms with Gasteiger partial charge in [-0.25, -0.2) is 9.97 Å². The van der Waals surface area contributed by atoms with Gasteiger partial charge in [0.25, 0.3) is 0 Å². The third-order valence-electron chi connectivity index (χ3n) is 10.1. The Morgan fingerprint density at radius 2 is 1.42 bits per heavy atom. The van der Waals surface area contributed by atoms with Gasteiger partial charge in [-0.15, -0.1) is 5.98 Å². The first-order valence-electron chi connectivity index (χ1n) is 17.2. The second-order valence-corrected chi connectivity index (χ2v) is 13.6. The second kappa shape index (κ2) is 12.3. The largest absolute Gasteiger partial charge is 0.443 e. The Labute approximate surface area is 293 Å². The van der Waals surface area contributed by atoms with E-state index in [0.29, 0.717) is 17.6 Å². The number of oxazole rings is 1. The quantitative estimate of drug-likeness (QED) is 0.161. The molecule has 50 heavy (non-hydrogen) atoms. The average Bonchev–Trinajstić information content (AvgIpc) is 3.78. The van der Waals surface area contributed by atoms with Gasteiger partial charge in [0.15, 0.2) is 23.6 Å². The molecule has 3 aromatic heterocycles. The van der Waals surface area contributed by atoms with Crippen LogP contribution in [-0.4, -0.2) is 31.8 Å². The minimum absolute atomic E-state index is 0.132. The first-order valence-corrected chi connectivity index (χ1v) is 17.2. The number of fused-ring (bicyclic) bond motifs is 5. The summed E-state index contributed by atoms with van der Waals surface area (Å²) in [6, 6.07) is 31.4. The van der Waals surface area contributed by atoms with Crippen LogP contribution in [0.25, 0.3) is 68.7 Å². The molecule has 3 heterocycles. The molecule has 0 radical (unpaired) electrons. The number of rotatable bonds is 7. The maximum Gasteiger partial charge on any atom is 0.238 e. The highest BCUT2D eigenvalue weighted by Crippen LogP contribution is 2.51. The molecule has 244 valence electrons. The van der Waals surface area contributed by atoms with Crippen LogP contribution >= 0.6 is 0 Å². The van der Waals surface area contributed by atoms with E-state index in [9.17, 15) is 0 Å². The normalized spacial score (nSPS) is 13.6. The van der Waals surface area contributed by atoms with Crippen molar-refractivity contribution >= 4 is 36.1 Å². The van der Waals surface area contributed by atoms with E-state index in [1.54, 1.807) is 6.39 Å². The fraction of sp³-hybridized carbons (Fsp3) is 0.163. The predicted octanol–water partition coefficient (Wildman–Crippen LogP) is 10.1. The first kappa shape index (κ1) is 31.5. The molecule has 0 spiro atoms. The number of allylic oxidation sites excluding steroid dienone is 1. The molecule has 0 saturated carbocycles.